The first-order chi connectivity index (χ1) is 11.7. The minimum atomic E-state index is -0.678. The molecule has 25 heavy (non-hydrogen) atoms. The van der Waals surface area contributed by atoms with Crippen LogP contribution in [-0.2, 0) is 6.42 Å². The molecule has 0 aromatic heterocycles. The highest BCUT2D eigenvalue weighted by molar-refractivity contribution is 6.30. The van der Waals surface area contributed by atoms with Crippen molar-refractivity contribution < 1.29 is 9.90 Å². The van der Waals surface area contributed by atoms with Gasteiger partial charge in [0, 0.05) is 17.6 Å². The Morgan fingerprint density at radius 3 is 2.20 bits per heavy atom. The topological polar surface area (TPSA) is 40.5 Å². The maximum atomic E-state index is 12.7. The summed E-state index contributed by atoms with van der Waals surface area (Å²) in [7, 11) is 1.81. The van der Waals surface area contributed by atoms with Crippen molar-refractivity contribution in [1.29, 1.82) is 0 Å². The van der Waals surface area contributed by atoms with E-state index >= 15 is 0 Å². The van der Waals surface area contributed by atoms with Crippen LogP contribution in [-0.4, -0.2) is 28.6 Å². The number of carbonyl (C=O) groups is 1. The van der Waals surface area contributed by atoms with Gasteiger partial charge in [0.25, 0.3) is 5.91 Å². The van der Waals surface area contributed by atoms with Crippen molar-refractivity contribution in [2.24, 2.45) is 0 Å². The largest absolute Gasteiger partial charge is 0.390 e. The second-order valence-corrected chi connectivity index (χ2v) is 7.59. The van der Waals surface area contributed by atoms with Crippen molar-refractivity contribution in [2.75, 3.05) is 7.05 Å². The van der Waals surface area contributed by atoms with Crippen LogP contribution in [0.2, 0.25) is 5.02 Å². The summed E-state index contributed by atoms with van der Waals surface area (Å²) < 4.78 is 0. The molecular formula is C21H26ClNO2. The molecule has 0 bridgehead atoms. The summed E-state index contributed by atoms with van der Waals surface area (Å²) in [6.45, 7) is 5.61. The van der Waals surface area contributed by atoms with Crippen LogP contribution in [0.1, 0.15) is 54.7 Å². The molecule has 4 heteroatoms. The fraction of sp³-hybridized carbons (Fsp3) is 0.381. The standard InChI is InChI=1S/C21H26ClNO2/c1-15(17-9-11-19(22)12-10-17)23(4)20(24)18-7-5-16(6-8-18)13-14-21(2,3)25/h5-12,15,25H,13-14H2,1-4H3. The summed E-state index contributed by atoms with van der Waals surface area (Å²) in [5.41, 5.74) is 2.15. The molecule has 2 rings (SSSR count). The first-order valence-electron chi connectivity index (χ1n) is 8.51. The second kappa shape index (κ2) is 8.03. The number of benzene rings is 2. The Balaban J connectivity index is 2.05. The Morgan fingerprint density at radius 1 is 1.12 bits per heavy atom. The molecule has 3 nitrogen and oxygen atoms in total. The van der Waals surface area contributed by atoms with Crippen LogP contribution in [0.4, 0.5) is 0 Å². The summed E-state index contributed by atoms with van der Waals surface area (Å²) in [5.74, 6) is -0.0171. The predicted molar refractivity (Wildman–Crippen MR) is 103 cm³/mol. The van der Waals surface area contributed by atoms with E-state index in [1.54, 1.807) is 18.7 Å². The zero-order chi connectivity index (χ0) is 18.6. The molecule has 1 amide bonds. The summed E-state index contributed by atoms with van der Waals surface area (Å²) in [6, 6.07) is 15.1. The average Bonchev–Trinajstić information content (AvgIpc) is 2.58. The third-order valence-corrected chi connectivity index (χ3v) is 4.73. The van der Waals surface area contributed by atoms with Gasteiger partial charge in [0.1, 0.15) is 0 Å². The number of hydrogen-bond acceptors (Lipinski definition) is 2. The van der Waals surface area contributed by atoms with E-state index in [9.17, 15) is 9.90 Å². The number of rotatable bonds is 6. The van der Waals surface area contributed by atoms with Crippen molar-refractivity contribution >= 4 is 17.5 Å². The average molecular weight is 360 g/mol. The Kier molecular flexibility index (Phi) is 6.26. The number of hydrogen-bond donors (Lipinski definition) is 1. The molecule has 0 spiro atoms. The number of amides is 1. The summed E-state index contributed by atoms with van der Waals surface area (Å²) in [5, 5.41) is 10.5. The van der Waals surface area contributed by atoms with Gasteiger partial charge in [-0.3, -0.25) is 4.79 Å². The number of carbonyl (C=O) groups excluding carboxylic acids is 1. The molecule has 0 fully saturated rings. The lowest BCUT2D eigenvalue weighted by Gasteiger charge is -2.25. The Bertz CT molecular complexity index is 702. The third kappa shape index (κ3) is 5.58. The van der Waals surface area contributed by atoms with Gasteiger partial charge in [-0.15, -0.1) is 0 Å². The van der Waals surface area contributed by atoms with Crippen LogP contribution < -0.4 is 0 Å². The van der Waals surface area contributed by atoms with Crippen molar-refractivity contribution in [1.82, 2.24) is 4.90 Å². The van der Waals surface area contributed by atoms with E-state index in [2.05, 4.69) is 0 Å². The minimum Gasteiger partial charge on any atom is -0.390 e. The minimum absolute atomic E-state index is 0.0171. The lowest BCUT2D eigenvalue weighted by atomic mass is 9.98. The van der Waals surface area contributed by atoms with Gasteiger partial charge in [0.2, 0.25) is 0 Å². The van der Waals surface area contributed by atoms with Crippen molar-refractivity contribution in [3.8, 4) is 0 Å². The van der Waals surface area contributed by atoms with Crippen LogP contribution in [0.15, 0.2) is 48.5 Å². The maximum absolute atomic E-state index is 12.7. The smallest absolute Gasteiger partial charge is 0.254 e. The first-order valence-corrected chi connectivity index (χ1v) is 8.89. The molecule has 0 aliphatic heterocycles. The van der Waals surface area contributed by atoms with Gasteiger partial charge in [-0.25, -0.2) is 0 Å². The number of nitrogens with zero attached hydrogens (tertiary/aromatic N) is 1. The van der Waals surface area contributed by atoms with Gasteiger partial charge < -0.3 is 10.0 Å². The van der Waals surface area contributed by atoms with Crippen LogP contribution in [0.25, 0.3) is 0 Å². The molecule has 2 aromatic rings. The van der Waals surface area contributed by atoms with Crippen molar-refractivity contribution in [3.63, 3.8) is 0 Å². The highest BCUT2D eigenvalue weighted by Crippen LogP contribution is 2.23. The molecule has 0 radical (unpaired) electrons. The van der Waals surface area contributed by atoms with E-state index in [1.807, 2.05) is 62.5 Å². The monoisotopic (exact) mass is 359 g/mol. The van der Waals surface area contributed by atoms with Gasteiger partial charge >= 0.3 is 0 Å². The lowest BCUT2D eigenvalue weighted by Crippen LogP contribution is -2.29. The normalized spacial score (nSPS) is 12.7. The van der Waals surface area contributed by atoms with Crippen LogP contribution in [0.5, 0.6) is 0 Å². The molecule has 0 saturated carbocycles. The Morgan fingerprint density at radius 2 is 1.68 bits per heavy atom. The second-order valence-electron chi connectivity index (χ2n) is 7.15. The molecule has 0 heterocycles. The summed E-state index contributed by atoms with van der Waals surface area (Å²) in [4.78, 5) is 14.4. The molecule has 2 aromatic carbocycles. The highest BCUT2D eigenvalue weighted by Gasteiger charge is 2.19. The summed E-state index contributed by atoms with van der Waals surface area (Å²) in [6.07, 6.45) is 1.47. The van der Waals surface area contributed by atoms with Gasteiger partial charge in [-0.2, -0.15) is 0 Å². The fourth-order valence-corrected chi connectivity index (χ4v) is 2.73. The molecule has 1 N–H and O–H groups in total. The Labute approximate surface area is 155 Å². The third-order valence-electron chi connectivity index (χ3n) is 4.48. The molecule has 0 aliphatic carbocycles. The van der Waals surface area contributed by atoms with Gasteiger partial charge in [0.15, 0.2) is 0 Å². The van der Waals surface area contributed by atoms with Crippen LogP contribution in [0.3, 0.4) is 0 Å². The van der Waals surface area contributed by atoms with E-state index < -0.39 is 5.60 Å². The molecular weight excluding hydrogens is 334 g/mol. The lowest BCUT2D eigenvalue weighted by molar-refractivity contribution is 0.0711. The Hall–Kier alpha value is -1.84. The van der Waals surface area contributed by atoms with E-state index in [4.69, 9.17) is 11.6 Å². The van der Waals surface area contributed by atoms with Crippen molar-refractivity contribution in [2.45, 2.75) is 45.3 Å². The number of halogens is 1. The quantitative estimate of drug-likeness (QED) is 0.798. The van der Waals surface area contributed by atoms with E-state index in [1.165, 1.54) is 0 Å². The molecule has 0 aliphatic rings. The molecule has 1 atom stereocenters. The zero-order valence-corrected chi connectivity index (χ0v) is 16.0. The van der Waals surface area contributed by atoms with Crippen molar-refractivity contribution in [3.05, 3.63) is 70.2 Å². The number of aryl methyl sites for hydroxylation is 1. The van der Waals surface area contributed by atoms with Gasteiger partial charge in [0.05, 0.1) is 11.6 Å². The first kappa shape index (κ1) is 19.5. The van der Waals surface area contributed by atoms with Gasteiger partial charge in [-0.1, -0.05) is 35.9 Å². The number of aliphatic hydroxyl groups is 1. The van der Waals surface area contributed by atoms with Gasteiger partial charge in [-0.05, 0) is 69.0 Å². The van der Waals surface area contributed by atoms with E-state index in [0.29, 0.717) is 17.0 Å². The zero-order valence-electron chi connectivity index (χ0n) is 15.3. The molecule has 0 saturated heterocycles. The van der Waals surface area contributed by atoms with E-state index in [0.717, 1.165) is 17.5 Å². The highest BCUT2D eigenvalue weighted by atomic mass is 35.5. The van der Waals surface area contributed by atoms with Crippen LogP contribution in [0, 0.1) is 0 Å². The van der Waals surface area contributed by atoms with E-state index in [-0.39, 0.29) is 11.9 Å². The summed E-state index contributed by atoms with van der Waals surface area (Å²) >= 11 is 5.93. The maximum Gasteiger partial charge on any atom is 0.254 e. The SMILES string of the molecule is CC(c1ccc(Cl)cc1)N(C)C(=O)c1ccc(CCC(C)(C)O)cc1. The predicted octanol–water partition coefficient (Wildman–Crippen LogP) is 4.88. The molecule has 134 valence electrons. The fourth-order valence-electron chi connectivity index (χ4n) is 2.61. The molecule has 1 unspecified atom stereocenters. The van der Waals surface area contributed by atoms with Crippen LogP contribution >= 0.6 is 11.6 Å².